The van der Waals surface area contributed by atoms with Gasteiger partial charge in [0.1, 0.15) is 6.61 Å². The summed E-state index contributed by atoms with van der Waals surface area (Å²) >= 11 is 3.29. The predicted octanol–water partition coefficient (Wildman–Crippen LogP) is 2.78. The zero-order valence-electron chi connectivity index (χ0n) is 14.6. The van der Waals surface area contributed by atoms with Crippen LogP contribution in [0.2, 0.25) is 0 Å². The van der Waals surface area contributed by atoms with Gasteiger partial charge in [-0.2, -0.15) is 0 Å². The van der Waals surface area contributed by atoms with Crippen LogP contribution in [-0.2, 0) is 17.9 Å². The van der Waals surface area contributed by atoms with Gasteiger partial charge in [0.2, 0.25) is 5.43 Å². The van der Waals surface area contributed by atoms with E-state index in [0.29, 0.717) is 17.6 Å². The Morgan fingerprint density at radius 2 is 2.04 bits per heavy atom. The second-order valence-electron chi connectivity index (χ2n) is 6.90. The molecule has 2 aliphatic rings. The monoisotopic (exact) mass is 418 g/mol. The minimum Gasteiger partial charge on any atom is -0.483 e. The molecular formula is C19H19BrN2O4. The lowest BCUT2D eigenvalue weighted by atomic mass is 10.1. The molecule has 4 rings (SSSR count). The number of hydrogen-bond acceptors (Lipinski definition) is 4. The number of aromatic nitrogens is 1. The van der Waals surface area contributed by atoms with Crippen molar-refractivity contribution in [2.45, 2.75) is 38.8 Å². The van der Waals surface area contributed by atoms with Gasteiger partial charge in [-0.3, -0.25) is 9.59 Å². The Bertz CT molecular complexity index is 927. The molecule has 0 unspecified atom stereocenters. The summed E-state index contributed by atoms with van der Waals surface area (Å²) in [4.78, 5) is 27.6. The summed E-state index contributed by atoms with van der Waals surface area (Å²) in [7, 11) is 0. The van der Waals surface area contributed by atoms with E-state index in [2.05, 4.69) is 15.9 Å². The third kappa shape index (κ3) is 2.66. The van der Waals surface area contributed by atoms with Gasteiger partial charge in [-0.25, -0.2) is 0 Å². The third-order valence-corrected chi connectivity index (χ3v) is 5.46. The Hall–Kier alpha value is -2.12. The van der Waals surface area contributed by atoms with Crippen molar-refractivity contribution in [1.29, 1.82) is 0 Å². The molecule has 0 aliphatic carbocycles. The molecule has 1 amide bonds. The van der Waals surface area contributed by atoms with E-state index in [1.807, 2.05) is 44.2 Å². The maximum absolute atomic E-state index is 13.2. The Morgan fingerprint density at radius 1 is 1.31 bits per heavy atom. The highest BCUT2D eigenvalue weighted by molar-refractivity contribution is 9.10. The second kappa shape index (κ2) is 6.25. The van der Waals surface area contributed by atoms with E-state index in [1.165, 1.54) is 0 Å². The Morgan fingerprint density at radius 3 is 2.77 bits per heavy atom. The first-order valence-electron chi connectivity index (χ1n) is 8.48. The molecule has 0 bridgehead atoms. The first-order chi connectivity index (χ1) is 12.4. The molecule has 0 N–H and O–H groups in total. The second-order valence-corrected chi connectivity index (χ2v) is 7.75. The van der Waals surface area contributed by atoms with Gasteiger partial charge >= 0.3 is 0 Å². The van der Waals surface area contributed by atoms with E-state index >= 15 is 0 Å². The van der Waals surface area contributed by atoms with E-state index in [4.69, 9.17) is 9.47 Å². The minimum absolute atomic E-state index is 0.0537. The molecule has 26 heavy (non-hydrogen) atoms. The quantitative estimate of drug-likeness (QED) is 0.768. The lowest BCUT2D eigenvalue weighted by Crippen LogP contribution is -2.56. The van der Waals surface area contributed by atoms with Crippen molar-refractivity contribution in [3.63, 3.8) is 0 Å². The van der Waals surface area contributed by atoms with Crippen LogP contribution in [0, 0.1) is 0 Å². The number of halogens is 1. The van der Waals surface area contributed by atoms with Crippen molar-refractivity contribution in [2.75, 3.05) is 6.61 Å². The topological polar surface area (TPSA) is 60.8 Å². The molecular weight excluding hydrogens is 400 g/mol. The summed E-state index contributed by atoms with van der Waals surface area (Å²) in [6.45, 7) is 4.98. The summed E-state index contributed by atoms with van der Waals surface area (Å²) in [5.41, 5.74) is 0.173. The number of hydrogen-bond donors (Lipinski definition) is 0. The SMILES string of the molecule is C[C@H]1CO[C@]2(C)Cn3cc(Br)c(=O)c(OCc4ccccc4)c3C(=O)N12. The number of amides is 1. The fourth-order valence-electron chi connectivity index (χ4n) is 3.69. The number of fused-ring (bicyclic) bond motifs is 2. The summed E-state index contributed by atoms with van der Waals surface area (Å²) < 4.78 is 13.8. The van der Waals surface area contributed by atoms with Gasteiger partial charge in [-0.05, 0) is 35.3 Å². The highest BCUT2D eigenvalue weighted by Gasteiger charge is 2.50. The maximum Gasteiger partial charge on any atom is 0.277 e. The van der Waals surface area contributed by atoms with Crippen LogP contribution in [0.25, 0.3) is 0 Å². The number of pyridine rings is 1. The summed E-state index contributed by atoms with van der Waals surface area (Å²) in [5.74, 6) is -0.161. The van der Waals surface area contributed by atoms with Crippen molar-refractivity contribution < 1.29 is 14.3 Å². The molecule has 2 aliphatic heterocycles. The zero-order valence-corrected chi connectivity index (χ0v) is 16.2. The lowest BCUT2D eigenvalue weighted by Gasteiger charge is -2.41. The van der Waals surface area contributed by atoms with E-state index in [1.54, 1.807) is 15.7 Å². The Kier molecular flexibility index (Phi) is 4.16. The molecule has 0 spiro atoms. The average Bonchev–Trinajstić information content (AvgIpc) is 2.92. The van der Waals surface area contributed by atoms with Crippen LogP contribution in [0.3, 0.4) is 0 Å². The van der Waals surface area contributed by atoms with Crippen molar-refractivity contribution in [1.82, 2.24) is 9.47 Å². The molecule has 7 heteroatoms. The molecule has 0 radical (unpaired) electrons. The van der Waals surface area contributed by atoms with Crippen LogP contribution in [0.5, 0.6) is 5.75 Å². The molecule has 1 aromatic heterocycles. The predicted molar refractivity (Wildman–Crippen MR) is 99.2 cm³/mol. The maximum atomic E-state index is 13.2. The van der Waals surface area contributed by atoms with E-state index < -0.39 is 5.72 Å². The number of carbonyl (C=O) groups excluding carboxylic acids is 1. The number of rotatable bonds is 3. The fraction of sp³-hybridized carbons (Fsp3) is 0.368. The van der Waals surface area contributed by atoms with Gasteiger partial charge in [0, 0.05) is 6.20 Å². The first kappa shape index (κ1) is 17.3. The Balaban J connectivity index is 1.78. The van der Waals surface area contributed by atoms with Gasteiger partial charge < -0.3 is 18.9 Å². The molecule has 1 saturated heterocycles. The number of nitrogens with zero attached hydrogens (tertiary/aromatic N) is 2. The lowest BCUT2D eigenvalue weighted by molar-refractivity contribution is -0.0753. The largest absolute Gasteiger partial charge is 0.483 e. The zero-order chi connectivity index (χ0) is 18.5. The summed E-state index contributed by atoms with van der Waals surface area (Å²) in [6, 6.07) is 9.50. The number of ether oxygens (including phenoxy) is 2. The molecule has 0 saturated carbocycles. The molecule has 1 aromatic carbocycles. The van der Waals surface area contributed by atoms with Crippen LogP contribution in [0.1, 0.15) is 29.9 Å². The summed E-state index contributed by atoms with van der Waals surface area (Å²) in [6.07, 6.45) is 1.64. The van der Waals surface area contributed by atoms with Crippen LogP contribution in [0.4, 0.5) is 0 Å². The van der Waals surface area contributed by atoms with Crippen LogP contribution < -0.4 is 10.2 Å². The number of carbonyl (C=O) groups is 1. The summed E-state index contributed by atoms with van der Waals surface area (Å²) in [5, 5.41) is 0. The average molecular weight is 419 g/mol. The molecule has 6 nitrogen and oxygen atoms in total. The minimum atomic E-state index is -0.714. The molecule has 2 aromatic rings. The normalized spacial score (nSPS) is 24.3. The number of benzene rings is 1. The van der Waals surface area contributed by atoms with Crippen LogP contribution >= 0.6 is 15.9 Å². The smallest absolute Gasteiger partial charge is 0.277 e. The third-order valence-electron chi connectivity index (χ3n) is 4.89. The highest BCUT2D eigenvalue weighted by Crippen LogP contribution is 2.37. The van der Waals surface area contributed by atoms with E-state index in [-0.39, 0.29) is 35.4 Å². The standard InChI is InChI=1S/C19H19BrN2O4/c1-12-9-26-19(2)11-21-8-14(20)16(23)17(15(21)18(24)22(12)19)25-10-13-6-4-3-5-7-13/h3-8,12H,9-11H2,1-2H3/t12-,19+/m0/s1. The van der Waals surface area contributed by atoms with E-state index in [9.17, 15) is 9.59 Å². The van der Waals surface area contributed by atoms with Crippen molar-refractivity contribution in [3.8, 4) is 5.75 Å². The van der Waals surface area contributed by atoms with Gasteiger partial charge in [-0.15, -0.1) is 0 Å². The van der Waals surface area contributed by atoms with Crippen molar-refractivity contribution in [3.05, 3.63) is 62.5 Å². The van der Waals surface area contributed by atoms with Crippen molar-refractivity contribution >= 4 is 21.8 Å². The molecule has 136 valence electrons. The molecule has 3 heterocycles. The van der Waals surface area contributed by atoms with Gasteiger partial charge in [0.25, 0.3) is 5.91 Å². The Labute approximate surface area is 159 Å². The first-order valence-corrected chi connectivity index (χ1v) is 9.27. The fourth-order valence-corrected chi connectivity index (χ4v) is 4.12. The molecule has 1 fully saturated rings. The van der Waals surface area contributed by atoms with Crippen LogP contribution in [0.15, 0.2) is 45.8 Å². The highest BCUT2D eigenvalue weighted by atomic mass is 79.9. The van der Waals surface area contributed by atoms with E-state index in [0.717, 1.165) is 5.56 Å². The van der Waals surface area contributed by atoms with Gasteiger partial charge in [0.15, 0.2) is 17.2 Å². The van der Waals surface area contributed by atoms with Crippen molar-refractivity contribution in [2.24, 2.45) is 0 Å². The van der Waals surface area contributed by atoms with Gasteiger partial charge in [0.05, 0.1) is 23.7 Å². The van der Waals surface area contributed by atoms with Gasteiger partial charge in [-0.1, -0.05) is 30.3 Å². The van der Waals surface area contributed by atoms with Crippen LogP contribution in [-0.4, -0.2) is 33.7 Å². The molecule has 2 atom stereocenters.